The fraction of sp³-hybridized carbons (Fsp3) is 0.923. The van der Waals surface area contributed by atoms with E-state index < -0.39 is 5.97 Å². The van der Waals surface area contributed by atoms with E-state index in [1.54, 1.807) is 6.92 Å². The molecule has 0 heterocycles. The predicted octanol–water partition coefficient (Wildman–Crippen LogP) is 3.18. The Bertz CT molecular complexity index is 181. The third kappa shape index (κ3) is 9.97. The molecule has 0 saturated carbocycles. The Hall–Kier alpha value is -0.570. The molecule has 0 aromatic carbocycles. The van der Waals surface area contributed by atoms with Crippen LogP contribution in [0.4, 0.5) is 0 Å². The predicted molar refractivity (Wildman–Crippen MR) is 67.4 cm³/mol. The number of hydrogen-bond acceptors (Lipinski definition) is 2. The van der Waals surface area contributed by atoms with Crippen LogP contribution in [0.15, 0.2) is 0 Å². The maximum atomic E-state index is 10.6. The zero-order valence-corrected chi connectivity index (χ0v) is 10.7. The third-order valence-electron chi connectivity index (χ3n) is 2.97. The van der Waals surface area contributed by atoms with Gasteiger partial charge in [0.25, 0.3) is 0 Å². The first-order valence-electron chi connectivity index (χ1n) is 6.52. The maximum absolute atomic E-state index is 10.6. The Balaban J connectivity index is 3.13. The number of carboxylic acids is 1. The number of hydrogen-bond donors (Lipinski definition) is 2. The summed E-state index contributed by atoms with van der Waals surface area (Å²) in [5, 5.41) is 8.69. The fourth-order valence-corrected chi connectivity index (χ4v) is 1.75. The van der Waals surface area contributed by atoms with E-state index in [4.69, 9.17) is 10.8 Å². The number of nitrogens with two attached hydrogens (primary N) is 1. The average molecular weight is 229 g/mol. The topological polar surface area (TPSA) is 63.3 Å². The monoisotopic (exact) mass is 229 g/mol. The van der Waals surface area contributed by atoms with Crippen molar-refractivity contribution in [2.45, 2.75) is 71.3 Å². The molecule has 0 aromatic heterocycles. The van der Waals surface area contributed by atoms with Crippen LogP contribution in [0.2, 0.25) is 0 Å². The first-order valence-corrected chi connectivity index (χ1v) is 6.52. The van der Waals surface area contributed by atoms with Crippen LogP contribution in [0, 0.1) is 5.92 Å². The minimum atomic E-state index is -0.670. The second-order valence-electron chi connectivity index (χ2n) is 4.92. The smallest absolute Gasteiger partial charge is 0.306 e. The SMILES string of the molecule is CC(N)CCCCCCCCC(C)C(=O)O. The molecule has 0 aromatic rings. The van der Waals surface area contributed by atoms with Crippen molar-refractivity contribution in [2.24, 2.45) is 11.7 Å². The summed E-state index contributed by atoms with van der Waals surface area (Å²) in [7, 11) is 0. The van der Waals surface area contributed by atoms with E-state index in [9.17, 15) is 4.79 Å². The summed E-state index contributed by atoms with van der Waals surface area (Å²) in [6.07, 6.45) is 9.11. The van der Waals surface area contributed by atoms with Crippen molar-refractivity contribution in [1.29, 1.82) is 0 Å². The summed E-state index contributed by atoms with van der Waals surface area (Å²) in [6.45, 7) is 3.83. The van der Waals surface area contributed by atoms with Crippen LogP contribution in [0.25, 0.3) is 0 Å². The van der Waals surface area contributed by atoms with Gasteiger partial charge in [-0.1, -0.05) is 45.4 Å². The number of aliphatic carboxylic acids is 1. The lowest BCUT2D eigenvalue weighted by Gasteiger charge is -2.06. The molecule has 0 amide bonds. The van der Waals surface area contributed by atoms with Gasteiger partial charge in [-0.2, -0.15) is 0 Å². The number of unbranched alkanes of at least 4 members (excludes halogenated alkanes) is 5. The molecule has 0 fully saturated rings. The van der Waals surface area contributed by atoms with Gasteiger partial charge in [-0.05, 0) is 19.8 Å². The van der Waals surface area contributed by atoms with Crippen molar-refractivity contribution >= 4 is 5.97 Å². The molecular formula is C13H27NO2. The highest BCUT2D eigenvalue weighted by Gasteiger charge is 2.09. The first-order chi connectivity index (χ1) is 7.54. The van der Waals surface area contributed by atoms with Crippen molar-refractivity contribution in [1.82, 2.24) is 0 Å². The molecule has 96 valence electrons. The number of carboxylic acid groups (broad SMARTS) is 1. The van der Waals surface area contributed by atoms with E-state index in [0.717, 1.165) is 25.7 Å². The second-order valence-corrected chi connectivity index (χ2v) is 4.92. The summed E-state index contributed by atoms with van der Waals surface area (Å²) in [4.78, 5) is 10.6. The van der Waals surface area contributed by atoms with Crippen LogP contribution in [-0.4, -0.2) is 17.1 Å². The summed E-state index contributed by atoms with van der Waals surface area (Å²) >= 11 is 0. The largest absolute Gasteiger partial charge is 0.481 e. The molecule has 2 unspecified atom stereocenters. The summed E-state index contributed by atoms with van der Waals surface area (Å²) < 4.78 is 0. The van der Waals surface area contributed by atoms with Crippen LogP contribution in [-0.2, 0) is 4.79 Å². The highest BCUT2D eigenvalue weighted by Crippen LogP contribution is 2.12. The summed E-state index contributed by atoms with van der Waals surface area (Å²) in [5.74, 6) is -0.852. The quantitative estimate of drug-likeness (QED) is 0.565. The van der Waals surface area contributed by atoms with E-state index in [2.05, 4.69) is 0 Å². The van der Waals surface area contributed by atoms with Crippen LogP contribution in [0.1, 0.15) is 65.2 Å². The van der Waals surface area contributed by atoms with Gasteiger partial charge >= 0.3 is 5.97 Å². The van der Waals surface area contributed by atoms with Gasteiger partial charge in [-0.15, -0.1) is 0 Å². The standard InChI is InChI=1S/C13H27NO2/c1-11(13(15)16)9-7-5-3-4-6-8-10-12(2)14/h11-12H,3-10,14H2,1-2H3,(H,15,16). The Morgan fingerprint density at radius 1 is 1.00 bits per heavy atom. The zero-order chi connectivity index (χ0) is 12.4. The van der Waals surface area contributed by atoms with Crippen molar-refractivity contribution in [3.05, 3.63) is 0 Å². The normalized spacial score (nSPS) is 14.7. The van der Waals surface area contributed by atoms with Gasteiger partial charge < -0.3 is 10.8 Å². The second kappa shape index (κ2) is 9.64. The van der Waals surface area contributed by atoms with Gasteiger partial charge in [-0.25, -0.2) is 0 Å². The molecule has 0 rings (SSSR count). The van der Waals surface area contributed by atoms with Crippen molar-refractivity contribution in [2.75, 3.05) is 0 Å². The fourth-order valence-electron chi connectivity index (χ4n) is 1.75. The summed E-state index contributed by atoms with van der Waals surface area (Å²) in [5.41, 5.74) is 5.66. The Labute approximate surface area is 99.4 Å². The van der Waals surface area contributed by atoms with Crippen LogP contribution in [0.3, 0.4) is 0 Å². The number of rotatable bonds is 10. The Morgan fingerprint density at radius 3 is 1.88 bits per heavy atom. The van der Waals surface area contributed by atoms with Gasteiger partial charge in [0.2, 0.25) is 0 Å². The van der Waals surface area contributed by atoms with Gasteiger partial charge in [-0.3, -0.25) is 4.79 Å². The molecule has 0 radical (unpaired) electrons. The molecule has 2 atom stereocenters. The van der Waals surface area contributed by atoms with Gasteiger partial charge in [0.15, 0.2) is 0 Å². The molecule has 0 aliphatic carbocycles. The van der Waals surface area contributed by atoms with Crippen LogP contribution < -0.4 is 5.73 Å². The molecule has 0 aliphatic heterocycles. The molecular weight excluding hydrogens is 202 g/mol. The van der Waals surface area contributed by atoms with E-state index >= 15 is 0 Å². The maximum Gasteiger partial charge on any atom is 0.306 e. The Morgan fingerprint density at radius 2 is 1.44 bits per heavy atom. The number of carbonyl (C=O) groups is 1. The molecule has 0 aliphatic rings. The third-order valence-corrected chi connectivity index (χ3v) is 2.97. The highest BCUT2D eigenvalue weighted by molar-refractivity contribution is 5.69. The highest BCUT2D eigenvalue weighted by atomic mass is 16.4. The molecule has 0 spiro atoms. The molecule has 0 saturated heterocycles. The van der Waals surface area contributed by atoms with E-state index in [1.807, 2.05) is 6.92 Å². The van der Waals surface area contributed by atoms with Crippen LogP contribution in [0.5, 0.6) is 0 Å². The lowest BCUT2D eigenvalue weighted by molar-refractivity contribution is -0.141. The molecule has 0 bridgehead atoms. The Kier molecular flexibility index (Phi) is 9.30. The zero-order valence-electron chi connectivity index (χ0n) is 10.7. The van der Waals surface area contributed by atoms with Crippen LogP contribution >= 0.6 is 0 Å². The first kappa shape index (κ1) is 15.4. The molecule has 3 nitrogen and oxygen atoms in total. The lowest BCUT2D eigenvalue weighted by Crippen LogP contribution is -2.13. The van der Waals surface area contributed by atoms with Gasteiger partial charge in [0.05, 0.1) is 5.92 Å². The molecule has 3 heteroatoms. The van der Waals surface area contributed by atoms with Gasteiger partial charge in [0.1, 0.15) is 0 Å². The van der Waals surface area contributed by atoms with E-state index in [-0.39, 0.29) is 5.92 Å². The van der Waals surface area contributed by atoms with E-state index in [1.165, 1.54) is 25.7 Å². The average Bonchev–Trinajstić information content (AvgIpc) is 2.21. The van der Waals surface area contributed by atoms with Crippen molar-refractivity contribution in [3.8, 4) is 0 Å². The van der Waals surface area contributed by atoms with Crippen molar-refractivity contribution in [3.63, 3.8) is 0 Å². The molecule has 3 N–H and O–H groups in total. The van der Waals surface area contributed by atoms with E-state index in [0.29, 0.717) is 6.04 Å². The van der Waals surface area contributed by atoms with Gasteiger partial charge in [0, 0.05) is 6.04 Å². The minimum Gasteiger partial charge on any atom is -0.481 e. The minimum absolute atomic E-state index is 0.182. The molecule has 16 heavy (non-hydrogen) atoms. The van der Waals surface area contributed by atoms with Crippen molar-refractivity contribution < 1.29 is 9.90 Å². The summed E-state index contributed by atoms with van der Waals surface area (Å²) in [6, 6.07) is 0.330. The lowest BCUT2D eigenvalue weighted by atomic mass is 10.0.